The average molecular weight is 396 g/mol. The van der Waals surface area contributed by atoms with E-state index in [1.165, 1.54) is 0 Å². The van der Waals surface area contributed by atoms with E-state index in [4.69, 9.17) is 13.7 Å². The van der Waals surface area contributed by atoms with Gasteiger partial charge in [-0.1, -0.05) is 17.3 Å². The van der Waals surface area contributed by atoms with Gasteiger partial charge >= 0.3 is 6.03 Å². The molecule has 0 spiro atoms. The number of likely N-dealkylation sites (tertiary alicyclic amines) is 1. The number of para-hydroxylation sites is 2. The van der Waals surface area contributed by atoms with Gasteiger partial charge in [-0.3, -0.25) is 0 Å². The van der Waals surface area contributed by atoms with Crippen LogP contribution in [0.1, 0.15) is 37.3 Å². The summed E-state index contributed by atoms with van der Waals surface area (Å²) < 4.78 is 16.6. The number of nitrogens with one attached hydrogen (secondary N) is 1. The minimum Gasteiger partial charge on any atom is -0.492 e. The van der Waals surface area contributed by atoms with Crippen molar-refractivity contribution in [3.8, 4) is 17.3 Å². The van der Waals surface area contributed by atoms with E-state index in [1.54, 1.807) is 4.90 Å². The number of anilines is 1. The highest BCUT2D eigenvalue weighted by molar-refractivity contribution is 5.91. The van der Waals surface area contributed by atoms with Crippen molar-refractivity contribution in [1.29, 1.82) is 0 Å². The Morgan fingerprint density at radius 3 is 2.97 bits per heavy atom. The van der Waals surface area contributed by atoms with Crippen LogP contribution in [0.2, 0.25) is 0 Å². The molecular formula is C21H24N4O4. The Labute approximate surface area is 168 Å². The molecule has 0 radical (unpaired) electrons. The summed E-state index contributed by atoms with van der Waals surface area (Å²) in [6, 6.07) is 10.9. The van der Waals surface area contributed by atoms with Crippen LogP contribution in [0.5, 0.6) is 5.75 Å². The molecule has 0 aliphatic carbocycles. The topological polar surface area (TPSA) is 93.6 Å². The number of furan rings is 1. The number of amides is 2. The fourth-order valence-electron chi connectivity index (χ4n) is 3.46. The van der Waals surface area contributed by atoms with Crippen molar-refractivity contribution < 1.29 is 18.5 Å². The lowest BCUT2D eigenvalue weighted by atomic mass is 9.98. The van der Waals surface area contributed by atoms with Crippen LogP contribution in [-0.4, -0.2) is 40.8 Å². The number of carbonyl (C=O) groups excluding carboxylic acids is 1. The summed E-state index contributed by atoms with van der Waals surface area (Å²) in [6.45, 7) is 5.51. The minimum absolute atomic E-state index is 0.00561. The largest absolute Gasteiger partial charge is 0.492 e. The number of urea groups is 1. The van der Waals surface area contributed by atoms with Gasteiger partial charge in [0.15, 0.2) is 5.76 Å². The molecule has 1 N–H and O–H groups in total. The molecule has 3 heterocycles. The second-order valence-corrected chi connectivity index (χ2v) is 7.01. The second kappa shape index (κ2) is 8.38. The van der Waals surface area contributed by atoms with Crippen LogP contribution >= 0.6 is 0 Å². The first-order valence-corrected chi connectivity index (χ1v) is 9.82. The molecule has 1 aliphatic heterocycles. The zero-order valence-electron chi connectivity index (χ0n) is 16.6. The number of ether oxygens (including phenoxy) is 1. The van der Waals surface area contributed by atoms with Gasteiger partial charge in [-0.25, -0.2) is 4.79 Å². The number of carbonyl (C=O) groups is 1. The number of hydrogen-bond donors (Lipinski definition) is 1. The number of aryl methyl sites for hydroxylation is 1. The Hall–Kier alpha value is -3.29. The molecule has 0 saturated carbocycles. The first-order valence-electron chi connectivity index (χ1n) is 9.82. The first-order chi connectivity index (χ1) is 14.1. The summed E-state index contributed by atoms with van der Waals surface area (Å²) in [5.74, 6) is 2.98. The fourth-order valence-corrected chi connectivity index (χ4v) is 3.46. The SMILES string of the molecule is CCOc1ccccc1NC(=O)N1CCC[C@@H](c2nc(-c3ccc(C)o3)no2)C1. The van der Waals surface area contributed by atoms with E-state index >= 15 is 0 Å². The minimum atomic E-state index is -0.164. The number of nitrogens with zero attached hydrogens (tertiary/aromatic N) is 3. The van der Waals surface area contributed by atoms with Gasteiger partial charge in [-0.2, -0.15) is 4.98 Å². The summed E-state index contributed by atoms with van der Waals surface area (Å²) in [6.07, 6.45) is 1.75. The van der Waals surface area contributed by atoms with Crippen molar-refractivity contribution >= 4 is 11.7 Å². The van der Waals surface area contributed by atoms with Crippen LogP contribution in [0.15, 0.2) is 45.3 Å². The van der Waals surface area contributed by atoms with E-state index in [-0.39, 0.29) is 11.9 Å². The molecule has 8 heteroatoms. The Kier molecular flexibility index (Phi) is 5.50. The average Bonchev–Trinajstić information content (AvgIpc) is 3.39. The van der Waals surface area contributed by atoms with Gasteiger partial charge < -0.3 is 23.9 Å². The van der Waals surface area contributed by atoms with Crippen LogP contribution < -0.4 is 10.1 Å². The summed E-state index contributed by atoms with van der Waals surface area (Å²) in [5.41, 5.74) is 0.662. The van der Waals surface area contributed by atoms with Gasteiger partial charge in [0.25, 0.3) is 0 Å². The van der Waals surface area contributed by atoms with Crippen molar-refractivity contribution in [2.45, 2.75) is 32.6 Å². The first kappa shape index (κ1) is 19.0. The van der Waals surface area contributed by atoms with E-state index in [1.807, 2.05) is 50.2 Å². The zero-order valence-corrected chi connectivity index (χ0v) is 16.6. The van der Waals surface area contributed by atoms with Crippen molar-refractivity contribution in [3.63, 3.8) is 0 Å². The molecule has 2 aromatic heterocycles. The molecule has 8 nitrogen and oxygen atoms in total. The van der Waals surface area contributed by atoms with Gasteiger partial charge in [0, 0.05) is 13.1 Å². The molecule has 29 heavy (non-hydrogen) atoms. The Balaban J connectivity index is 1.43. The van der Waals surface area contributed by atoms with Crippen LogP contribution in [0.3, 0.4) is 0 Å². The number of rotatable bonds is 5. The molecule has 2 amide bonds. The summed E-state index contributed by atoms with van der Waals surface area (Å²) in [5, 5.41) is 6.98. The van der Waals surface area contributed by atoms with E-state index in [2.05, 4.69) is 15.5 Å². The standard InChI is InChI=1S/C21H24N4O4/c1-3-27-17-9-5-4-8-16(17)22-21(26)25-12-6-7-15(13-25)20-23-19(24-29-20)18-11-10-14(2)28-18/h4-5,8-11,15H,3,6-7,12-13H2,1-2H3,(H,22,26)/t15-/m1/s1. The van der Waals surface area contributed by atoms with E-state index in [0.29, 0.717) is 48.6 Å². The molecule has 0 unspecified atom stereocenters. The third-order valence-corrected chi connectivity index (χ3v) is 4.89. The third-order valence-electron chi connectivity index (χ3n) is 4.89. The maximum Gasteiger partial charge on any atom is 0.321 e. The molecule has 1 aromatic carbocycles. The Morgan fingerprint density at radius 1 is 1.31 bits per heavy atom. The lowest BCUT2D eigenvalue weighted by Crippen LogP contribution is -2.41. The molecule has 3 aromatic rings. The van der Waals surface area contributed by atoms with Gasteiger partial charge in [-0.05, 0) is 51.0 Å². The normalized spacial score (nSPS) is 16.6. The van der Waals surface area contributed by atoms with Crippen molar-refractivity contribution in [3.05, 3.63) is 48.0 Å². The predicted octanol–water partition coefficient (Wildman–Crippen LogP) is 4.45. The summed E-state index contributed by atoms with van der Waals surface area (Å²) in [7, 11) is 0. The maximum absolute atomic E-state index is 12.8. The molecule has 1 fully saturated rings. The summed E-state index contributed by atoms with van der Waals surface area (Å²) >= 11 is 0. The highest BCUT2D eigenvalue weighted by atomic mass is 16.5. The highest BCUT2D eigenvalue weighted by Crippen LogP contribution is 2.29. The number of benzene rings is 1. The van der Waals surface area contributed by atoms with Gasteiger partial charge in [-0.15, -0.1) is 0 Å². The molecule has 1 saturated heterocycles. The van der Waals surface area contributed by atoms with E-state index in [0.717, 1.165) is 18.6 Å². The van der Waals surface area contributed by atoms with Gasteiger partial charge in [0.05, 0.1) is 18.2 Å². The molecule has 0 bridgehead atoms. The van der Waals surface area contributed by atoms with E-state index in [9.17, 15) is 4.79 Å². The van der Waals surface area contributed by atoms with Crippen molar-refractivity contribution in [2.75, 3.05) is 25.0 Å². The Morgan fingerprint density at radius 2 is 2.17 bits per heavy atom. The maximum atomic E-state index is 12.8. The molecular weight excluding hydrogens is 372 g/mol. The lowest BCUT2D eigenvalue weighted by Gasteiger charge is -2.31. The zero-order chi connectivity index (χ0) is 20.2. The number of piperidine rings is 1. The smallest absolute Gasteiger partial charge is 0.321 e. The molecule has 152 valence electrons. The number of aromatic nitrogens is 2. The predicted molar refractivity (Wildman–Crippen MR) is 107 cm³/mol. The van der Waals surface area contributed by atoms with E-state index < -0.39 is 0 Å². The van der Waals surface area contributed by atoms with Crippen LogP contribution in [0.4, 0.5) is 10.5 Å². The van der Waals surface area contributed by atoms with Crippen molar-refractivity contribution in [1.82, 2.24) is 15.0 Å². The quantitative estimate of drug-likeness (QED) is 0.685. The van der Waals surface area contributed by atoms with Gasteiger partial charge in [0.1, 0.15) is 11.5 Å². The highest BCUT2D eigenvalue weighted by Gasteiger charge is 2.29. The number of hydrogen-bond acceptors (Lipinski definition) is 6. The molecule has 4 rings (SSSR count). The van der Waals surface area contributed by atoms with Crippen LogP contribution in [0.25, 0.3) is 11.6 Å². The van der Waals surface area contributed by atoms with Gasteiger partial charge in [0.2, 0.25) is 11.7 Å². The second-order valence-electron chi connectivity index (χ2n) is 7.01. The van der Waals surface area contributed by atoms with Crippen molar-refractivity contribution in [2.24, 2.45) is 0 Å². The van der Waals surface area contributed by atoms with Crippen LogP contribution in [0, 0.1) is 6.92 Å². The fraction of sp³-hybridized carbons (Fsp3) is 0.381. The lowest BCUT2D eigenvalue weighted by molar-refractivity contribution is 0.184. The van der Waals surface area contributed by atoms with Crippen LogP contribution in [-0.2, 0) is 0 Å². The third kappa shape index (κ3) is 4.26. The Bertz CT molecular complexity index is 980. The molecule has 1 aliphatic rings. The monoisotopic (exact) mass is 396 g/mol. The molecule has 1 atom stereocenters. The summed E-state index contributed by atoms with van der Waals surface area (Å²) in [4.78, 5) is 19.1.